The lowest BCUT2D eigenvalue weighted by Gasteiger charge is -2.08. The van der Waals surface area contributed by atoms with Gasteiger partial charge in [0.2, 0.25) is 0 Å². The molecular formula is C16H13N7O. The van der Waals surface area contributed by atoms with Crippen LogP contribution in [0.1, 0.15) is 16.1 Å². The van der Waals surface area contributed by atoms with E-state index in [4.69, 9.17) is 0 Å². The van der Waals surface area contributed by atoms with Crippen LogP contribution in [0.2, 0.25) is 0 Å². The summed E-state index contributed by atoms with van der Waals surface area (Å²) in [6.07, 6.45) is 3.09. The zero-order chi connectivity index (χ0) is 16.4. The molecule has 0 aliphatic heterocycles. The van der Waals surface area contributed by atoms with Gasteiger partial charge in [-0.15, -0.1) is 0 Å². The number of hydrogen-bond donors (Lipinski definition) is 3. The predicted molar refractivity (Wildman–Crippen MR) is 86.9 cm³/mol. The smallest absolute Gasteiger partial charge is 0.252 e. The molecule has 3 aromatic heterocycles. The van der Waals surface area contributed by atoms with Crippen LogP contribution in [0.25, 0.3) is 22.4 Å². The number of rotatable bonds is 4. The lowest BCUT2D eigenvalue weighted by Crippen LogP contribution is -2.23. The summed E-state index contributed by atoms with van der Waals surface area (Å²) in [6, 6.07) is 11.0. The van der Waals surface area contributed by atoms with Gasteiger partial charge in [0.05, 0.1) is 17.8 Å². The summed E-state index contributed by atoms with van der Waals surface area (Å²) in [6.45, 7) is 0.325. The molecule has 3 heterocycles. The van der Waals surface area contributed by atoms with Crippen molar-refractivity contribution >= 4 is 16.9 Å². The van der Waals surface area contributed by atoms with Crippen molar-refractivity contribution in [2.45, 2.75) is 6.54 Å². The fourth-order valence-corrected chi connectivity index (χ4v) is 2.52. The van der Waals surface area contributed by atoms with E-state index in [-0.39, 0.29) is 5.91 Å². The van der Waals surface area contributed by atoms with Gasteiger partial charge in [0.25, 0.3) is 5.91 Å². The average molecular weight is 319 g/mol. The van der Waals surface area contributed by atoms with E-state index in [0.29, 0.717) is 29.1 Å². The van der Waals surface area contributed by atoms with E-state index in [9.17, 15) is 4.79 Å². The van der Waals surface area contributed by atoms with Crippen LogP contribution >= 0.6 is 0 Å². The van der Waals surface area contributed by atoms with Gasteiger partial charge in [-0.1, -0.05) is 18.2 Å². The molecule has 0 atom stereocenters. The second-order valence-electron chi connectivity index (χ2n) is 5.14. The maximum atomic E-state index is 12.6. The van der Waals surface area contributed by atoms with Gasteiger partial charge in [0.15, 0.2) is 11.5 Å². The minimum Gasteiger partial charge on any atom is -0.346 e. The van der Waals surface area contributed by atoms with Gasteiger partial charge in [-0.25, -0.2) is 9.97 Å². The van der Waals surface area contributed by atoms with Crippen LogP contribution in [0, 0.1) is 0 Å². The molecule has 8 heteroatoms. The van der Waals surface area contributed by atoms with Gasteiger partial charge in [-0.3, -0.25) is 15.0 Å². The zero-order valence-electron chi connectivity index (χ0n) is 12.5. The third-order valence-electron chi connectivity index (χ3n) is 3.68. The van der Waals surface area contributed by atoms with Crippen LogP contribution in [0.3, 0.4) is 0 Å². The molecule has 0 saturated carbocycles. The highest BCUT2D eigenvalue weighted by Crippen LogP contribution is 2.19. The van der Waals surface area contributed by atoms with E-state index in [0.717, 1.165) is 11.1 Å². The molecule has 8 nitrogen and oxygen atoms in total. The Balaban J connectivity index is 1.57. The minimum absolute atomic E-state index is 0.200. The fraction of sp³-hybridized carbons (Fsp3) is 0.0625. The van der Waals surface area contributed by atoms with Crippen molar-refractivity contribution in [1.82, 2.24) is 35.7 Å². The number of amides is 1. The second kappa shape index (κ2) is 5.92. The Hall–Kier alpha value is -3.55. The maximum absolute atomic E-state index is 12.6. The number of hydrogen-bond acceptors (Lipinski definition) is 5. The Bertz CT molecular complexity index is 991. The maximum Gasteiger partial charge on any atom is 0.252 e. The van der Waals surface area contributed by atoms with Crippen LogP contribution in [0.4, 0.5) is 0 Å². The lowest BCUT2D eigenvalue weighted by molar-refractivity contribution is 0.0951. The predicted octanol–water partition coefficient (Wildman–Crippen LogP) is 1.67. The SMILES string of the molecule is O=C(NCc1[nH]nc2ncccc12)c1ccccc1-c1ncn[nH]1. The summed E-state index contributed by atoms with van der Waals surface area (Å²) in [4.78, 5) is 20.8. The van der Waals surface area contributed by atoms with E-state index in [1.165, 1.54) is 6.33 Å². The van der Waals surface area contributed by atoms with Crippen LogP contribution < -0.4 is 5.32 Å². The molecule has 0 radical (unpaired) electrons. The van der Waals surface area contributed by atoms with Crippen molar-refractivity contribution < 1.29 is 4.79 Å². The highest BCUT2D eigenvalue weighted by atomic mass is 16.1. The van der Waals surface area contributed by atoms with Gasteiger partial charge in [0.1, 0.15) is 6.33 Å². The molecule has 0 unspecified atom stereocenters. The molecular weight excluding hydrogens is 306 g/mol. The van der Waals surface area contributed by atoms with Gasteiger partial charge in [0, 0.05) is 17.1 Å². The van der Waals surface area contributed by atoms with Gasteiger partial charge in [-0.2, -0.15) is 10.2 Å². The molecule has 118 valence electrons. The van der Waals surface area contributed by atoms with E-state index >= 15 is 0 Å². The van der Waals surface area contributed by atoms with Gasteiger partial charge < -0.3 is 5.32 Å². The van der Waals surface area contributed by atoms with Gasteiger partial charge >= 0.3 is 0 Å². The molecule has 0 fully saturated rings. The molecule has 1 aromatic carbocycles. The number of fused-ring (bicyclic) bond motifs is 1. The number of nitrogens with one attached hydrogen (secondary N) is 3. The molecule has 24 heavy (non-hydrogen) atoms. The van der Waals surface area contributed by atoms with Crippen molar-refractivity contribution in [3.05, 3.63) is 60.2 Å². The first-order valence-electron chi connectivity index (χ1n) is 7.34. The second-order valence-corrected chi connectivity index (χ2v) is 5.14. The lowest BCUT2D eigenvalue weighted by atomic mass is 10.1. The molecule has 1 amide bonds. The largest absolute Gasteiger partial charge is 0.346 e. The summed E-state index contributed by atoms with van der Waals surface area (Å²) in [5.41, 5.74) is 2.66. The Kier molecular flexibility index (Phi) is 3.47. The number of pyridine rings is 1. The zero-order valence-corrected chi connectivity index (χ0v) is 12.5. The van der Waals surface area contributed by atoms with Gasteiger partial charge in [-0.05, 0) is 18.2 Å². The molecule has 0 spiro atoms. The number of H-pyrrole nitrogens is 2. The third kappa shape index (κ3) is 2.50. The monoisotopic (exact) mass is 319 g/mol. The first kappa shape index (κ1) is 14.1. The first-order valence-corrected chi connectivity index (χ1v) is 7.34. The van der Waals surface area contributed by atoms with Crippen molar-refractivity contribution in [3.8, 4) is 11.4 Å². The minimum atomic E-state index is -0.200. The highest BCUT2D eigenvalue weighted by Gasteiger charge is 2.15. The van der Waals surface area contributed by atoms with Crippen LogP contribution in [-0.2, 0) is 6.54 Å². The number of nitrogens with zero attached hydrogens (tertiary/aromatic N) is 4. The number of aromatic nitrogens is 6. The van der Waals surface area contributed by atoms with E-state index < -0.39 is 0 Å². The highest BCUT2D eigenvalue weighted by molar-refractivity contribution is 6.00. The van der Waals surface area contributed by atoms with Crippen molar-refractivity contribution in [2.24, 2.45) is 0 Å². The molecule has 0 saturated heterocycles. The molecule has 0 aliphatic rings. The molecule has 4 aromatic rings. The molecule has 3 N–H and O–H groups in total. The third-order valence-corrected chi connectivity index (χ3v) is 3.68. The Morgan fingerprint density at radius 2 is 2.00 bits per heavy atom. The molecule has 0 aliphatic carbocycles. The van der Waals surface area contributed by atoms with E-state index in [1.807, 2.05) is 30.3 Å². The quantitative estimate of drug-likeness (QED) is 0.530. The number of benzene rings is 1. The number of aromatic amines is 2. The molecule has 0 bridgehead atoms. The Labute approximate surface area is 136 Å². The van der Waals surface area contributed by atoms with Crippen molar-refractivity contribution in [2.75, 3.05) is 0 Å². The summed E-state index contributed by atoms with van der Waals surface area (Å²) >= 11 is 0. The average Bonchev–Trinajstić information content (AvgIpc) is 3.30. The topological polar surface area (TPSA) is 112 Å². The molecule has 4 rings (SSSR count). The summed E-state index contributed by atoms with van der Waals surface area (Å²) < 4.78 is 0. The van der Waals surface area contributed by atoms with Crippen LogP contribution in [-0.4, -0.2) is 36.3 Å². The normalized spacial score (nSPS) is 10.8. The van der Waals surface area contributed by atoms with Crippen LogP contribution in [0.5, 0.6) is 0 Å². The summed E-state index contributed by atoms with van der Waals surface area (Å²) in [7, 11) is 0. The summed E-state index contributed by atoms with van der Waals surface area (Å²) in [5, 5.41) is 17.4. The Morgan fingerprint density at radius 3 is 2.88 bits per heavy atom. The standard InChI is InChI=1S/C16H13N7O/c24-16(11-5-2-1-4-10(11)14-19-9-20-22-14)18-8-13-12-6-3-7-17-15(12)23-21-13/h1-7,9H,8H2,(H,18,24)(H,17,21,23)(H,19,20,22). The number of carbonyl (C=O) groups excluding carboxylic acids is 1. The van der Waals surface area contributed by atoms with Crippen molar-refractivity contribution in [1.29, 1.82) is 0 Å². The van der Waals surface area contributed by atoms with Crippen LogP contribution in [0.15, 0.2) is 48.9 Å². The van der Waals surface area contributed by atoms with Crippen molar-refractivity contribution in [3.63, 3.8) is 0 Å². The number of carbonyl (C=O) groups is 1. The Morgan fingerprint density at radius 1 is 1.08 bits per heavy atom. The van der Waals surface area contributed by atoms with E-state index in [1.54, 1.807) is 12.3 Å². The summed E-state index contributed by atoms with van der Waals surface area (Å²) in [5.74, 6) is 0.352. The van der Waals surface area contributed by atoms with E-state index in [2.05, 4.69) is 35.7 Å². The first-order chi connectivity index (χ1) is 11.8. The fourth-order valence-electron chi connectivity index (χ4n) is 2.52.